The van der Waals surface area contributed by atoms with Gasteiger partial charge in [-0.05, 0) is 77.0 Å². The molecule has 0 saturated carbocycles. The molecule has 3 N–H and O–H groups in total. The van der Waals surface area contributed by atoms with Crippen LogP contribution in [0.3, 0.4) is 0 Å². The molecule has 336 valence electrons. The number of ether oxygens (including phenoxy) is 2. The molecule has 0 aliphatic rings. The van der Waals surface area contributed by atoms with E-state index in [0.29, 0.717) is 12.8 Å². The highest BCUT2D eigenvalue weighted by Gasteiger charge is 2.25. The molecule has 0 aliphatic carbocycles. The molecule has 9 nitrogen and oxygen atoms in total. The third kappa shape index (κ3) is 44.3. The molecule has 0 saturated heterocycles. The molecule has 0 aromatic rings. The summed E-state index contributed by atoms with van der Waals surface area (Å²) in [6, 6.07) is 0. The van der Waals surface area contributed by atoms with Gasteiger partial charge in [-0.3, -0.25) is 18.6 Å². The molecule has 0 radical (unpaired) electrons. The first-order chi connectivity index (χ1) is 28.8. The van der Waals surface area contributed by atoms with E-state index in [1.807, 2.05) is 12.2 Å². The van der Waals surface area contributed by atoms with Crippen molar-refractivity contribution in [3.8, 4) is 0 Å². The Morgan fingerprint density at radius 3 is 1.37 bits per heavy atom. The highest BCUT2D eigenvalue weighted by Crippen LogP contribution is 2.43. The fraction of sp³-hybridized carbons (Fsp3) is 0.633. The Labute approximate surface area is 359 Å². The topological polar surface area (TPSA) is 134 Å². The maximum atomic E-state index is 12.6. The predicted octanol–water partition coefficient (Wildman–Crippen LogP) is 13.4. The maximum Gasteiger partial charge on any atom is 0.472 e. The van der Waals surface area contributed by atoms with Gasteiger partial charge in [-0.1, -0.05) is 175 Å². The van der Waals surface area contributed by atoms with E-state index in [9.17, 15) is 19.0 Å². The number of unbranched alkanes of at least 4 members (excludes halogenated alkanes) is 12. The summed E-state index contributed by atoms with van der Waals surface area (Å²) in [4.78, 5) is 34.8. The van der Waals surface area contributed by atoms with Gasteiger partial charge in [0.05, 0.1) is 13.2 Å². The molecule has 0 rings (SSSR count). The van der Waals surface area contributed by atoms with Gasteiger partial charge in [0.15, 0.2) is 6.10 Å². The van der Waals surface area contributed by atoms with Crippen molar-refractivity contribution >= 4 is 19.8 Å². The minimum atomic E-state index is -4.40. The second kappa shape index (κ2) is 44.5. The lowest BCUT2D eigenvalue weighted by molar-refractivity contribution is -0.161. The summed E-state index contributed by atoms with van der Waals surface area (Å²) in [5.74, 6) is -0.933. The van der Waals surface area contributed by atoms with E-state index in [4.69, 9.17) is 24.3 Å². The third-order valence-electron chi connectivity index (χ3n) is 8.98. The van der Waals surface area contributed by atoms with Crippen molar-refractivity contribution in [3.63, 3.8) is 0 Å². The Morgan fingerprint density at radius 1 is 0.508 bits per heavy atom. The fourth-order valence-corrected chi connectivity index (χ4v) is 6.46. The lowest BCUT2D eigenvalue weighted by Gasteiger charge is -2.19. The SMILES string of the molecule is CC/C=C\C/C=C\C/C=C\C/C=C\CCCCCCCCCCCCCCC(=O)OC(COC(=O)CC/C=C\C/C=C\C/C=C\C/C=C\CC)COP(=O)(O)OCCN. The normalized spacial score (nSPS) is 14.2. The Balaban J connectivity index is 4.13. The lowest BCUT2D eigenvalue weighted by atomic mass is 10.0. The summed E-state index contributed by atoms with van der Waals surface area (Å²) in [7, 11) is -4.40. The molecule has 2 atom stereocenters. The van der Waals surface area contributed by atoms with E-state index in [0.717, 1.165) is 70.6 Å². The minimum absolute atomic E-state index is 0.0395. The molecule has 0 aromatic heterocycles. The maximum absolute atomic E-state index is 12.6. The number of hydrogen-bond acceptors (Lipinski definition) is 8. The molecule has 0 aliphatic heterocycles. The number of allylic oxidation sites excluding steroid dienone is 16. The van der Waals surface area contributed by atoms with E-state index in [1.54, 1.807) is 0 Å². The van der Waals surface area contributed by atoms with Gasteiger partial charge in [0.2, 0.25) is 0 Å². The summed E-state index contributed by atoms with van der Waals surface area (Å²) < 4.78 is 32.7. The summed E-state index contributed by atoms with van der Waals surface area (Å²) in [6.45, 7) is 3.40. The standard InChI is InChI=1S/C49H82NO8P/c1-3-5-7-9-11-13-15-17-18-19-20-21-22-23-24-25-26-27-28-30-32-34-36-38-40-42-49(52)58-47(46-57-59(53,54)56-44-43-50)45-55-48(51)41-39-37-35-33-31-29-16-14-12-10-8-6-4-2/h5-8,11-14,17-18,20-21,29,31,35,37,47H,3-4,9-10,15-16,19,22-28,30,32-34,36,38-46,50H2,1-2H3,(H,53,54)/b7-5-,8-6-,13-11-,14-12-,18-17-,21-20-,31-29-,37-35-. The van der Waals surface area contributed by atoms with Crippen molar-refractivity contribution in [2.24, 2.45) is 5.73 Å². The second-order valence-corrected chi connectivity index (χ2v) is 16.0. The van der Waals surface area contributed by atoms with E-state index in [-0.39, 0.29) is 32.6 Å². The minimum Gasteiger partial charge on any atom is -0.462 e. The van der Waals surface area contributed by atoms with Crippen LogP contribution in [0, 0.1) is 0 Å². The summed E-state index contributed by atoms with van der Waals surface area (Å²) in [5.41, 5.74) is 5.34. The largest absolute Gasteiger partial charge is 0.472 e. The number of phosphoric ester groups is 1. The van der Waals surface area contributed by atoms with Crippen LogP contribution in [0.5, 0.6) is 0 Å². The Kier molecular flexibility index (Phi) is 42.2. The molecular formula is C49H82NO8P. The van der Waals surface area contributed by atoms with Crippen LogP contribution in [-0.4, -0.2) is 49.3 Å². The number of carbonyl (C=O) groups is 2. The van der Waals surface area contributed by atoms with Gasteiger partial charge < -0.3 is 20.1 Å². The summed E-state index contributed by atoms with van der Waals surface area (Å²) in [6.07, 6.45) is 57.5. The van der Waals surface area contributed by atoms with Crippen LogP contribution >= 0.6 is 7.82 Å². The van der Waals surface area contributed by atoms with Crippen molar-refractivity contribution < 1.29 is 37.6 Å². The molecule has 0 spiro atoms. The predicted molar refractivity (Wildman–Crippen MR) is 247 cm³/mol. The highest BCUT2D eigenvalue weighted by atomic mass is 31.2. The number of carbonyl (C=O) groups excluding carboxylic acids is 2. The second-order valence-electron chi connectivity index (χ2n) is 14.5. The average molecular weight is 844 g/mol. The van der Waals surface area contributed by atoms with E-state index >= 15 is 0 Å². The first-order valence-electron chi connectivity index (χ1n) is 22.7. The lowest BCUT2D eigenvalue weighted by Crippen LogP contribution is -2.29. The molecule has 2 unspecified atom stereocenters. The van der Waals surface area contributed by atoms with Gasteiger partial charge in [-0.15, -0.1) is 0 Å². The first-order valence-corrected chi connectivity index (χ1v) is 24.2. The van der Waals surface area contributed by atoms with Gasteiger partial charge in [-0.25, -0.2) is 4.57 Å². The van der Waals surface area contributed by atoms with Crippen molar-refractivity contribution in [2.45, 2.75) is 174 Å². The third-order valence-corrected chi connectivity index (χ3v) is 9.96. The van der Waals surface area contributed by atoms with Crippen LogP contribution in [0.4, 0.5) is 0 Å². The molecule has 0 heterocycles. The van der Waals surface area contributed by atoms with E-state index in [1.165, 1.54) is 57.8 Å². The van der Waals surface area contributed by atoms with Gasteiger partial charge >= 0.3 is 19.8 Å². The Morgan fingerprint density at radius 2 is 0.915 bits per heavy atom. The zero-order valence-electron chi connectivity index (χ0n) is 36.9. The van der Waals surface area contributed by atoms with Crippen molar-refractivity contribution in [2.75, 3.05) is 26.4 Å². The number of phosphoric acid groups is 1. The van der Waals surface area contributed by atoms with Crippen LogP contribution in [0.15, 0.2) is 97.2 Å². The fourth-order valence-electron chi connectivity index (χ4n) is 5.70. The molecular weight excluding hydrogens is 762 g/mol. The summed E-state index contributed by atoms with van der Waals surface area (Å²) >= 11 is 0. The van der Waals surface area contributed by atoms with Gasteiger partial charge in [0.1, 0.15) is 6.61 Å². The monoisotopic (exact) mass is 844 g/mol. The van der Waals surface area contributed by atoms with Crippen LogP contribution in [0.25, 0.3) is 0 Å². The Hall–Kier alpha value is -3.07. The average Bonchev–Trinajstić information content (AvgIpc) is 3.22. The Bertz CT molecular complexity index is 1280. The van der Waals surface area contributed by atoms with E-state index < -0.39 is 32.5 Å². The number of nitrogens with two attached hydrogens (primary N) is 1. The van der Waals surface area contributed by atoms with Crippen molar-refractivity contribution in [1.82, 2.24) is 0 Å². The molecule has 0 bridgehead atoms. The number of hydrogen-bond donors (Lipinski definition) is 2. The van der Waals surface area contributed by atoms with Crippen LogP contribution < -0.4 is 5.73 Å². The quantitative estimate of drug-likeness (QED) is 0.0267. The summed E-state index contributed by atoms with van der Waals surface area (Å²) in [5, 5.41) is 0. The van der Waals surface area contributed by atoms with Gasteiger partial charge in [0.25, 0.3) is 0 Å². The number of rotatable bonds is 41. The van der Waals surface area contributed by atoms with Gasteiger partial charge in [0, 0.05) is 19.4 Å². The van der Waals surface area contributed by atoms with Crippen LogP contribution in [-0.2, 0) is 32.7 Å². The van der Waals surface area contributed by atoms with Crippen molar-refractivity contribution in [3.05, 3.63) is 97.2 Å². The van der Waals surface area contributed by atoms with E-state index in [2.05, 4.69) is 98.9 Å². The first kappa shape index (κ1) is 55.9. The molecule has 0 amide bonds. The smallest absolute Gasteiger partial charge is 0.462 e. The molecule has 0 aromatic carbocycles. The van der Waals surface area contributed by atoms with Crippen LogP contribution in [0.1, 0.15) is 168 Å². The molecule has 0 fully saturated rings. The van der Waals surface area contributed by atoms with Gasteiger partial charge in [-0.2, -0.15) is 0 Å². The highest BCUT2D eigenvalue weighted by molar-refractivity contribution is 7.47. The van der Waals surface area contributed by atoms with Crippen LogP contribution in [0.2, 0.25) is 0 Å². The number of esters is 2. The zero-order valence-corrected chi connectivity index (χ0v) is 37.8. The van der Waals surface area contributed by atoms with Crippen molar-refractivity contribution in [1.29, 1.82) is 0 Å². The zero-order chi connectivity index (χ0) is 43.2. The molecule has 59 heavy (non-hydrogen) atoms. The molecule has 10 heteroatoms.